The van der Waals surface area contributed by atoms with Gasteiger partial charge in [-0.1, -0.05) is 6.07 Å². The number of aryl methyl sites for hydroxylation is 2. The van der Waals surface area contributed by atoms with E-state index in [2.05, 4.69) is 36.2 Å². The highest BCUT2D eigenvalue weighted by atomic mass is 16.1. The summed E-state index contributed by atoms with van der Waals surface area (Å²) in [5, 5.41) is 8.51. The first-order chi connectivity index (χ1) is 13.9. The highest BCUT2D eigenvalue weighted by Crippen LogP contribution is 2.25. The Bertz CT molecular complexity index is 1150. The van der Waals surface area contributed by atoms with Crippen molar-refractivity contribution in [2.75, 3.05) is 0 Å². The third-order valence-electron chi connectivity index (χ3n) is 5.31. The standard InChI is InChI=1S/C22H26N6O/c1-14(2)28-22-19(12-24-28)15(3)18(16(4)25-22)8-9-21(29)23-11-17-13-27-10-6-5-7-20(27)26-17/h5-7,10,12-14H,8-9,11H2,1-4H3,(H,23,29). The lowest BCUT2D eigenvalue weighted by atomic mass is 10.0. The van der Waals surface area contributed by atoms with Crippen molar-refractivity contribution in [1.29, 1.82) is 0 Å². The van der Waals surface area contributed by atoms with Gasteiger partial charge in [-0.15, -0.1) is 0 Å². The topological polar surface area (TPSA) is 77.1 Å². The van der Waals surface area contributed by atoms with Crippen molar-refractivity contribution in [3.05, 3.63) is 59.3 Å². The van der Waals surface area contributed by atoms with Crippen LogP contribution in [0.5, 0.6) is 0 Å². The summed E-state index contributed by atoms with van der Waals surface area (Å²) in [7, 11) is 0. The molecule has 7 heteroatoms. The smallest absolute Gasteiger partial charge is 0.220 e. The molecular weight excluding hydrogens is 364 g/mol. The molecule has 0 radical (unpaired) electrons. The van der Waals surface area contributed by atoms with Gasteiger partial charge in [0.2, 0.25) is 5.91 Å². The molecule has 0 aliphatic carbocycles. The van der Waals surface area contributed by atoms with E-state index in [9.17, 15) is 4.79 Å². The summed E-state index contributed by atoms with van der Waals surface area (Å²) < 4.78 is 3.90. The predicted molar refractivity (Wildman–Crippen MR) is 113 cm³/mol. The second-order valence-electron chi connectivity index (χ2n) is 7.70. The summed E-state index contributed by atoms with van der Waals surface area (Å²) >= 11 is 0. The maximum atomic E-state index is 12.4. The first-order valence-corrected chi connectivity index (χ1v) is 9.96. The quantitative estimate of drug-likeness (QED) is 0.546. The molecule has 4 aromatic rings. The molecule has 150 valence electrons. The number of aromatic nitrogens is 5. The van der Waals surface area contributed by atoms with Crippen LogP contribution in [0.3, 0.4) is 0 Å². The summed E-state index contributed by atoms with van der Waals surface area (Å²) in [6, 6.07) is 6.11. The van der Waals surface area contributed by atoms with Crippen molar-refractivity contribution < 1.29 is 4.79 Å². The zero-order chi connectivity index (χ0) is 20.5. The van der Waals surface area contributed by atoms with Gasteiger partial charge in [0.25, 0.3) is 0 Å². The molecule has 0 spiro atoms. The van der Waals surface area contributed by atoms with Crippen LogP contribution in [0.1, 0.15) is 48.8 Å². The Labute approximate surface area is 169 Å². The van der Waals surface area contributed by atoms with Crippen LogP contribution in [0.2, 0.25) is 0 Å². The van der Waals surface area contributed by atoms with E-state index >= 15 is 0 Å². The molecule has 4 rings (SSSR count). The SMILES string of the molecule is Cc1nc2c(cnn2C(C)C)c(C)c1CCC(=O)NCc1cn2ccccc2n1. The molecule has 0 atom stereocenters. The van der Waals surface area contributed by atoms with Gasteiger partial charge in [0.15, 0.2) is 5.65 Å². The van der Waals surface area contributed by atoms with Crippen LogP contribution in [0.15, 0.2) is 36.8 Å². The maximum Gasteiger partial charge on any atom is 0.220 e. The minimum atomic E-state index is 0.0128. The van der Waals surface area contributed by atoms with E-state index in [1.54, 1.807) is 0 Å². The Balaban J connectivity index is 1.42. The van der Waals surface area contributed by atoms with Crippen molar-refractivity contribution in [2.24, 2.45) is 0 Å². The molecule has 0 saturated carbocycles. The number of imidazole rings is 1. The molecule has 0 saturated heterocycles. The summed E-state index contributed by atoms with van der Waals surface area (Å²) in [6.45, 7) is 8.72. The first-order valence-electron chi connectivity index (χ1n) is 9.96. The minimum absolute atomic E-state index is 0.0128. The van der Waals surface area contributed by atoms with E-state index in [1.807, 2.05) is 52.8 Å². The largest absolute Gasteiger partial charge is 0.350 e. The van der Waals surface area contributed by atoms with Gasteiger partial charge in [0.1, 0.15) is 5.65 Å². The van der Waals surface area contributed by atoms with Gasteiger partial charge in [-0.2, -0.15) is 5.10 Å². The molecule has 4 heterocycles. The average molecular weight is 390 g/mol. The van der Waals surface area contributed by atoms with Gasteiger partial charge in [-0.25, -0.2) is 14.6 Å². The molecule has 1 N–H and O–H groups in total. The lowest BCUT2D eigenvalue weighted by molar-refractivity contribution is -0.121. The number of amides is 1. The zero-order valence-corrected chi connectivity index (χ0v) is 17.3. The van der Waals surface area contributed by atoms with Gasteiger partial charge in [0.05, 0.1) is 18.4 Å². The fraction of sp³-hybridized carbons (Fsp3) is 0.364. The van der Waals surface area contributed by atoms with E-state index in [4.69, 9.17) is 4.98 Å². The third-order valence-corrected chi connectivity index (χ3v) is 5.31. The van der Waals surface area contributed by atoms with Crippen LogP contribution in [0.25, 0.3) is 16.7 Å². The van der Waals surface area contributed by atoms with Crippen molar-refractivity contribution in [3.63, 3.8) is 0 Å². The highest BCUT2D eigenvalue weighted by molar-refractivity contribution is 5.81. The number of nitrogens with one attached hydrogen (secondary N) is 1. The van der Waals surface area contributed by atoms with E-state index in [-0.39, 0.29) is 11.9 Å². The Hall–Kier alpha value is -3.22. The van der Waals surface area contributed by atoms with Crippen LogP contribution in [0, 0.1) is 13.8 Å². The molecule has 0 bridgehead atoms. The van der Waals surface area contributed by atoms with Crippen molar-refractivity contribution in [2.45, 2.75) is 53.1 Å². The molecule has 29 heavy (non-hydrogen) atoms. The normalized spacial score (nSPS) is 11.6. The highest BCUT2D eigenvalue weighted by Gasteiger charge is 2.15. The maximum absolute atomic E-state index is 12.4. The summed E-state index contributed by atoms with van der Waals surface area (Å²) in [4.78, 5) is 21.7. The van der Waals surface area contributed by atoms with Gasteiger partial charge >= 0.3 is 0 Å². The lowest BCUT2D eigenvalue weighted by Gasteiger charge is -2.12. The van der Waals surface area contributed by atoms with E-state index in [1.165, 1.54) is 0 Å². The Morgan fingerprint density at radius 1 is 1.21 bits per heavy atom. The van der Waals surface area contributed by atoms with Crippen molar-refractivity contribution in [3.8, 4) is 0 Å². The zero-order valence-electron chi connectivity index (χ0n) is 17.3. The summed E-state index contributed by atoms with van der Waals surface area (Å²) in [5.74, 6) is 0.0128. The van der Waals surface area contributed by atoms with Crippen LogP contribution in [-0.4, -0.2) is 30.1 Å². The Kier molecular flexibility index (Phi) is 5.05. The average Bonchev–Trinajstić information content (AvgIpc) is 3.29. The van der Waals surface area contributed by atoms with Gasteiger partial charge in [-0.3, -0.25) is 4.79 Å². The lowest BCUT2D eigenvalue weighted by Crippen LogP contribution is -2.23. The number of nitrogens with zero attached hydrogens (tertiary/aromatic N) is 5. The summed E-state index contributed by atoms with van der Waals surface area (Å²) in [5.41, 5.74) is 5.89. The predicted octanol–water partition coefficient (Wildman–Crippen LogP) is 3.53. The third kappa shape index (κ3) is 3.72. The molecule has 0 aliphatic rings. The summed E-state index contributed by atoms with van der Waals surface area (Å²) in [6.07, 6.45) is 6.84. The molecule has 1 amide bonds. The number of hydrogen-bond acceptors (Lipinski definition) is 4. The number of hydrogen-bond donors (Lipinski definition) is 1. The molecular formula is C22H26N6O. The van der Waals surface area contributed by atoms with Crippen LogP contribution < -0.4 is 5.32 Å². The molecule has 4 aromatic heterocycles. The molecule has 0 unspecified atom stereocenters. The number of rotatable bonds is 6. The second-order valence-corrected chi connectivity index (χ2v) is 7.70. The first kappa shape index (κ1) is 19.1. The van der Waals surface area contributed by atoms with Gasteiger partial charge in [-0.05, 0) is 57.4 Å². The van der Waals surface area contributed by atoms with Crippen LogP contribution in [-0.2, 0) is 17.8 Å². The molecule has 0 aliphatic heterocycles. The van der Waals surface area contributed by atoms with Crippen molar-refractivity contribution in [1.82, 2.24) is 29.5 Å². The van der Waals surface area contributed by atoms with Crippen LogP contribution >= 0.6 is 0 Å². The van der Waals surface area contributed by atoms with Gasteiger partial charge in [0, 0.05) is 35.9 Å². The number of fused-ring (bicyclic) bond motifs is 2. The Morgan fingerprint density at radius 2 is 2.03 bits per heavy atom. The van der Waals surface area contributed by atoms with Crippen molar-refractivity contribution >= 4 is 22.6 Å². The number of carbonyl (C=O) groups excluding carboxylic acids is 1. The van der Waals surface area contributed by atoms with Gasteiger partial charge < -0.3 is 9.72 Å². The monoisotopic (exact) mass is 390 g/mol. The van der Waals surface area contributed by atoms with E-state index in [0.717, 1.165) is 39.2 Å². The van der Waals surface area contributed by atoms with E-state index in [0.29, 0.717) is 19.4 Å². The van der Waals surface area contributed by atoms with Crippen LogP contribution in [0.4, 0.5) is 0 Å². The Morgan fingerprint density at radius 3 is 2.79 bits per heavy atom. The fourth-order valence-electron chi connectivity index (χ4n) is 3.73. The van der Waals surface area contributed by atoms with E-state index < -0.39 is 0 Å². The second kappa shape index (κ2) is 7.66. The molecule has 0 fully saturated rings. The number of pyridine rings is 2. The fourth-order valence-corrected chi connectivity index (χ4v) is 3.73. The molecule has 7 nitrogen and oxygen atoms in total. The molecule has 0 aromatic carbocycles. The number of carbonyl (C=O) groups is 1. The minimum Gasteiger partial charge on any atom is -0.350 e.